The van der Waals surface area contributed by atoms with Gasteiger partial charge in [0.15, 0.2) is 0 Å². The van der Waals surface area contributed by atoms with E-state index in [2.05, 4.69) is 10.3 Å². The van der Waals surface area contributed by atoms with E-state index in [-0.39, 0.29) is 11.3 Å². The van der Waals surface area contributed by atoms with E-state index in [1.54, 1.807) is 17.6 Å². The molecule has 3 rings (SSSR count). The second kappa shape index (κ2) is 6.60. The molecular weight excluding hydrogens is 324 g/mol. The number of pyridine rings is 1. The number of amides is 1. The van der Waals surface area contributed by atoms with Crippen LogP contribution in [0.4, 0.5) is 5.69 Å². The molecule has 2 aromatic heterocycles. The van der Waals surface area contributed by atoms with E-state index in [4.69, 9.17) is 11.1 Å². The second-order valence-corrected chi connectivity index (χ2v) is 7.03. The van der Waals surface area contributed by atoms with Gasteiger partial charge in [-0.05, 0) is 31.4 Å². The van der Waals surface area contributed by atoms with Gasteiger partial charge in [0.05, 0.1) is 21.8 Å². The minimum atomic E-state index is -0.526. The van der Waals surface area contributed by atoms with E-state index >= 15 is 0 Å². The minimum absolute atomic E-state index is 0.101. The van der Waals surface area contributed by atoms with Gasteiger partial charge in [-0.25, -0.2) is 0 Å². The lowest BCUT2D eigenvalue weighted by Gasteiger charge is -2.19. The van der Waals surface area contributed by atoms with Gasteiger partial charge in [0.2, 0.25) is 0 Å². The quantitative estimate of drug-likeness (QED) is 0.625. The molecule has 0 aliphatic heterocycles. The Hall–Kier alpha value is -2.41. The van der Waals surface area contributed by atoms with Gasteiger partial charge in [0.25, 0.3) is 11.5 Å². The van der Waals surface area contributed by atoms with Crippen LogP contribution < -0.4 is 16.6 Å². The maximum Gasteiger partial charge on any atom is 0.259 e. The average Bonchev–Trinajstić information content (AvgIpc) is 3.22. The summed E-state index contributed by atoms with van der Waals surface area (Å²) in [5, 5.41) is 13.6. The SMILES string of the molecule is Cc1c[nH]c(=O)c(C(=N)c2csc(C(N)=O)c2)c1NC1CCCC1. The topological polar surface area (TPSA) is 112 Å². The van der Waals surface area contributed by atoms with Crippen molar-refractivity contribution in [3.05, 3.63) is 49.6 Å². The van der Waals surface area contributed by atoms with Crippen molar-refractivity contribution in [3.8, 4) is 0 Å². The van der Waals surface area contributed by atoms with Crippen molar-refractivity contribution in [1.82, 2.24) is 4.98 Å². The standard InChI is InChI=1S/C17H20N4O2S/c1-9-7-20-17(23)13(15(9)21-11-4-2-3-5-11)14(18)10-6-12(16(19)22)24-8-10/h6-8,11,18H,2-5H2,1H3,(H2,19,22)(H2,20,21,23). The van der Waals surface area contributed by atoms with Crippen molar-refractivity contribution in [2.75, 3.05) is 5.32 Å². The molecule has 1 amide bonds. The number of rotatable bonds is 5. The summed E-state index contributed by atoms with van der Waals surface area (Å²) in [6.07, 6.45) is 6.17. The van der Waals surface area contributed by atoms with Crippen LogP contribution in [0, 0.1) is 12.3 Å². The highest BCUT2D eigenvalue weighted by Gasteiger charge is 2.22. The van der Waals surface area contributed by atoms with Crippen molar-refractivity contribution in [2.45, 2.75) is 38.6 Å². The van der Waals surface area contributed by atoms with Gasteiger partial charge >= 0.3 is 0 Å². The van der Waals surface area contributed by atoms with Gasteiger partial charge in [0.1, 0.15) is 0 Å². The smallest absolute Gasteiger partial charge is 0.259 e. The summed E-state index contributed by atoms with van der Waals surface area (Å²) in [5.74, 6) is -0.526. The fourth-order valence-electron chi connectivity index (χ4n) is 3.07. The number of nitrogens with two attached hydrogens (primary N) is 1. The molecule has 7 heteroatoms. The Labute approximate surface area is 143 Å². The Balaban J connectivity index is 2.01. The molecule has 0 unspecified atom stereocenters. The number of hydrogen-bond acceptors (Lipinski definition) is 5. The molecule has 5 N–H and O–H groups in total. The van der Waals surface area contributed by atoms with E-state index < -0.39 is 5.91 Å². The Bertz CT molecular complexity index is 847. The summed E-state index contributed by atoms with van der Waals surface area (Å²) in [6.45, 7) is 1.91. The number of aromatic nitrogens is 1. The van der Waals surface area contributed by atoms with Crippen molar-refractivity contribution in [1.29, 1.82) is 5.41 Å². The van der Waals surface area contributed by atoms with Crippen LogP contribution in [0.3, 0.4) is 0 Å². The predicted molar refractivity (Wildman–Crippen MR) is 96.4 cm³/mol. The van der Waals surface area contributed by atoms with E-state index in [1.807, 2.05) is 6.92 Å². The van der Waals surface area contributed by atoms with Gasteiger partial charge < -0.3 is 16.0 Å². The lowest BCUT2D eigenvalue weighted by atomic mass is 10.0. The molecule has 0 atom stereocenters. The summed E-state index contributed by atoms with van der Waals surface area (Å²) >= 11 is 1.18. The number of nitrogens with one attached hydrogen (secondary N) is 3. The number of anilines is 1. The van der Waals surface area contributed by atoms with Gasteiger partial charge in [-0.2, -0.15) is 0 Å². The molecule has 1 aliphatic rings. The van der Waals surface area contributed by atoms with Crippen LogP contribution in [0.15, 0.2) is 22.4 Å². The highest BCUT2D eigenvalue weighted by molar-refractivity contribution is 7.12. The lowest BCUT2D eigenvalue weighted by Crippen LogP contribution is -2.25. The molecular formula is C17H20N4O2S. The highest BCUT2D eigenvalue weighted by Crippen LogP contribution is 2.27. The van der Waals surface area contributed by atoms with E-state index in [0.29, 0.717) is 27.7 Å². The molecule has 0 radical (unpaired) electrons. The largest absolute Gasteiger partial charge is 0.381 e. The summed E-state index contributed by atoms with van der Waals surface area (Å²) in [5.41, 5.74) is 7.52. The molecule has 24 heavy (non-hydrogen) atoms. The zero-order valence-electron chi connectivity index (χ0n) is 13.4. The predicted octanol–water partition coefficient (Wildman–Crippen LogP) is 2.61. The number of carbonyl (C=O) groups is 1. The highest BCUT2D eigenvalue weighted by atomic mass is 32.1. The van der Waals surface area contributed by atoms with Gasteiger partial charge in [-0.15, -0.1) is 11.3 Å². The average molecular weight is 344 g/mol. The summed E-state index contributed by atoms with van der Waals surface area (Å²) < 4.78 is 0. The minimum Gasteiger partial charge on any atom is -0.381 e. The molecule has 0 spiro atoms. The van der Waals surface area contributed by atoms with Crippen molar-refractivity contribution in [2.24, 2.45) is 5.73 Å². The van der Waals surface area contributed by atoms with Crippen LogP contribution in [-0.2, 0) is 0 Å². The summed E-state index contributed by atoms with van der Waals surface area (Å²) in [6, 6.07) is 1.90. The maximum atomic E-state index is 12.4. The number of primary amides is 1. The zero-order valence-corrected chi connectivity index (χ0v) is 14.3. The Morgan fingerprint density at radius 2 is 2.12 bits per heavy atom. The lowest BCUT2D eigenvalue weighted by molar-refractivity contribution is 0.100. The maximum absolute atomic E-state index is 12.4. The van der Waals surface area contributed by atoms with Crippen LogP contribution in [-0.4, -0.2) is 22.6 Å². The molecule has 1 fully saturated rings. The summed E-state index contributed by atoms with van der Waals surface area (Å²) in [7, 11) is 0. The molecule has 0 bridgehead atoms. The first-order chi connectivity index (χ1) is 11.5. The molecule has 6 nitrogen and oxygen atoms in total. The number of hydrogen-bond donors (Lipinski definition) is 4. The third-order valence-corrected chi connectivity index (χ3v) is 5.32. The van der Waals surface area contributed by atoms with Crippen molar-refractivity contribution in [3.63, 3.8) is 0 Å². The van der Waals surface area contributed by atoms with E-state index in [1.165, 1.54) is 24.2 Å². The fraction of sp³-hybridized carbons (Fsp3) is 0.353. The van der Waals surface area contributed by atoms with Gasteiger partial charge in [-0.3, -0.25) is 15.0 Å². The number of thiophene rings is 1. The van der Waals surface area contributed by atoms with E-state index in [9.17, 15) is 9.59 Å². The fourth-order valence-corrected chi connectivity index (χ4v) is 3.82. The molecule has 2 aromatic rings. The van der Waals surface area contributed by atoms with Crippen LogP contribution in [0.2, 0.25) is 0 Å². The van der Waals surface area contributed by atoms with Gasteiger partial charge in [-0.1, -0.05) is 12.8 Å². The third-order valence-electron chi connectivity index (χ3n) is 4.38. The van der Waals surface area contributed by atoms with E-state index in [0.717, 1.165) is 18.4 Å². The molecule has 1 saturated carbocycles. The number of aryl methyl sites for hydroxylation is 1. The number of carbonyl (C=O) groups excluding carboxylic acids is 1. The number of H-pyrrole nitrogens is 1. The molecule has 126 valence electrons. The Morgan fingerprint density at radius 3 is 2.75 bits per heavy atom. The first-order valence-electron chi connectivity index (χ1n) is 7.94. The first-order valence-corrected chi connectivity index (χ1v) is 8.81. The molecule has 0 saturated heterocycles. The van der Waals surface area contributed by atoms with Gasteiger partial charge in [0, 0.05) is 23.2 Å². The van der Waals surface area contributed by atoms with Crippen LogP contribution >= 0.6 is 11.3 Å². The molecule has 2 heterocycles. The van der Waals surface area contributed by atoms with Crippen LogP contribution in [0.25, 0.3) is 0 Å². The Morgan fingerprint density at radius 1 is 1.42 bits per heavy atom. The van der Waals surface area contributed by atoms with Crippen LogP contribution in [0.1, 0.15) is 52.0 Å². The third kappa shape index (κ3) is 3.12. The monoisotopic (exact) mass is 344 g/mol. The normalized spacial score (nSPS) is 14.7. The van der Waals surface area contributed by atoms with Crippen molar-refractivity contribution < 1.29 is 4.79 Å². The second-order valence-electron chi connectivity index (χ2n) is 6.12. The molecule has 0 aromatic carbocycles. The summed E-state index contributed by atoms with van der Waals surface area (Å²) in [4.78, 5) is 26.7. The van der Waals surface area contributed by atoms with Crippen LogP contribution in [0.5, 0.6) is 0 Å². The van der Waals surface area contributed by atoms with Crippen molar-refractivity contribution >= 4 is 28.6 Å². The number of aromatic amines is 1. The zero-order chi connectivity index (χ0) is 17.3. The first kappa shape index (κ1) is 16.4. The molecule has 1 aliphatic carbocycles. The Kier molecular flexibility index (Phi) is 4.53.